The number of guanidine groups is 1. The Kier molecular flexibility index (Phi) is 6.66. The molecule has 1 aromatic heterocycles. The fraction of sp³-hybridized carbons (Fsp3) is 0.238. The van der Waals surface area contributed by atoms with Gasteiger partial charge < -0.3 is 10.6 Å². The summed E-state index contributed by atoms with van der Waals surface area (Å²) in [6.45, 7) is 1.88. The largest absolute Gasteiger partial charge is 0.352 e. The highest BCUT2D eigenvalue weighted by Crippen LogP contribution is 2.11. The van der Waals surface area contributed by atoms with E-state index in [2.05, 4.69) is 32.9 Å². The number of nitrogens with one attached hydrogen (secondary N) is 2. The maximum Gasteiger partial charge on any atom is 0.191 e. The van der Waals surface area contributed by atoms with Crippen molar-refractivity contribution in [1.29, 1.82) is 0 Å². The van der Waals surface area contributed by atoms with Crippen molar-refractivity contribution in [3.63, 3.8) is 0 Å². The van der Waals surface area contributed by atoms with Gasteiger partial charge in [-0.15, -0.1) is 0 Å². The van der Waals surface area contributed by atoms with Gasteiger partial charge in [-0.3, -0.25) is 9.67 Å². The Hall–Kier alpha value is -3.13. The molecule has 0 aliphatic rings. The van der Waals surface area contributed by atoms with Gasteiger partial charge in [-0.2, -0.15) is 5.10 Å². The highest BCUT2D eigenvalue weighted by atomic mass is 32.2. The maximum atomic E-state index is 11.6. The van der Waals surface area contributed by atoms with Crippen molar-refractivity contribution in [3.05, 3.63) is 83.7 Å². The fourth-order valence-corrected chi connectivity index (χ4v) is 3.52. The number of nitrogens with zero attached hydrogens (tertiary/aromatic N) is 3. The molecule has 0 aliphatic carbocycles. The smallest absolute Gasteiger partial charge is 0.191 e. The first-order valence-corrected chi connectivity index (χ1v) is 11.1. The molecule has 29 heavy (non-hydrogen) atoms. The van der Waals surface area contributed by atoms with E-state index in [1.807, 2.05) is 29.1 Å². The molecule has 0 unspecified atom stereocenters. The van der Waals surface area contributed by atoms with E-state index >= 15 is 0 Å². The van der Waals surface area contributed by atoms with Crippen LogP contribution in [0.4, 0.5) is 0 Å². The van der Waals surface area contributed by atoms with Crippen LogP contribution in [0.15, 0.2) is 76.9 Å². The van der Waals surface area contributed by atoms with Gasteiger partial charge in [-0.05, 0) is 34.9 Å². The Bertz CT molecular complexity index is 1060. The van der Waals surface area contributed by atoms with Gasteiger partial charge in [-0.1, -0.05) is 36.4 Å². The van der Waals surface area contributed by atoms with Crippen LogP contribution in [0.1, 0.15) is 16.7 Å². The van der Waals surface area contributed by atoms with Crippen LogP contribution in [-0.2, 0) is 29.5 Å². The number of aliphatic imine (C=N–C) groups is 1. The summed E-state index contributed by atoms with van der Waals surface area (Å²) in [6.07, 6.45) is 4.92. The third-order valence-corrected chi connectivity index (χ3v) is 5.62. The molecule has 3 rings (SSSR count). The lowest BCUT2D eigenvalue weighted by Crippen LogP contribution is -2.36. The topological polar surface area (TPSA) is 88.4 Å². The van der Waals surface area contributed by atoms with Crippen LogP contribution < -0.4 is 10.6 Å². The molecule has 152 valence electrons. The van der Waals surface area contributed by atoms with Crippen LogP contribution >= 0.6 is 0 Å². The van der Waals surface area contributed by atoms with E-state index in [1.165, 1.54) is 17.4 Å². The second-order valence-electron chi connectivity index (χ2n) is 6.67. The summed E-state index contributed by atoms with van der Waals surface area (Å²) in [6, 6.07) is 17.0. The average molecular weight is 412 g/mol. The lowest BCUT2D eigenvalue weighted by atomic mass is 10.1. The first-order valence-electron chi connectivity index (χ1n) is 9.23. The Labute approximate surface area is 171 Å². The van der Waals surface area contributed by atoms with Crippen LogP contribution in [0.5, 0.6) is 0 Å². The van der Waals surface area contributed by atoms with Crippen molar-refractivity contribution in [2.75, 3.05) is 13.3 Å². The SMILES string of the molecule is CN=C(NCc1ccc(S(C)(=O)=O)cc1)NCc1ccccc1Cn1cccn1. The molecule has 2 N–H and O–H groups in total. The van der Waals surface area contributed by atoms with Gasteiger partial charge in [0.05, 0.1) is 11.4 Å². The number of hydrogen-bond donors (Lipinski definition) is 2. The van der Waals surface area contributed by atoms with Gasteiger partial charge in [0.1, 0.15) is 0 Å². The molecule has 0 atom stereocenters. The minimum Gasteiger partial charge on any atom is -0.352 e. The molecule has 0 spiro atoms. The summed E-state index contributed by atoms with van der Waals surface area (Å²) < 4.78 is 25.0. The molecule has 7 nitrogen and oxygen atoms in total. The maximum absolute atomic E-state index is 11.6. The number of hydrogen-bond acceptors (Lipinski definition) is 4. The predicted octanol–water partition coefficient (Wildman–Crippen LogP) is 2.20. The summed E-state index contributed by atoms with van der Waals surface area (Å²) in [5.74, 6) is 0.672. The Balaban J connectivity index is 1.57. The van der Waals surface area contributed by atoms with E-state index in [0.29, 0.717) is 30.5 Å². The molecule has 0 saturated carbocycles. The van der Waals surface area contributed by atoms with E-state index in [-0.39, 0.29) is 0 Å². The molecule has 1 heterocycles. The normalized spacial score (nSPS) is 12.0. The highest BCUT2D eigenvalue weighted by molar-refractivity contribution is 7.90. The van der Waals surface area contributed by atoms with Gasteiger partial charge in [0.25, 0.3) is 0 Å². The Morgan fingerprint density at radius 2 is 1.69 bits per heavy atom. The van der Waals surface area contributed by atoms with Crippen LogP contribution in [0.3, 0.4) is 0 Å². The van der Waals surface area contributed by atoms with Gasteiger partial charge in [0.15, 0.2) is 15.8 Å². The monoisotopic (exact) mass is 411 g/mol. The second kappa shape index (κ2) is 9.38. The van der Waals surface area contributed by atoms with Crippen molar-refractivity contribution >= 4 is 15.8 Å². The summed E-state index contributed by atoms with van der Waals surface area (Å²) in [4.78, 5) is 4.58. The fourth-order valence-electron chi connectivity index (χ4n) is 2.89. The van der Waals surface area contributed by atoms with Crippen LogP contribution in [-0.4, -0.2) is 37.5 Å². The molecule has 8 heteroatoms. The van der Waals surface area contributed by atoms with E-state index in [9.17, 15) is 8.42 Å². The van der Waals surface area contributed by atoms with Gasteiger partial charge >= 0.3 is 0 Å². The van der Waals surface area contributed by atoms with Gasteiger partial charge in [-0.25, -0.2) is 8.42 Å². The quantitative estimate of drug-likeness (QED) is 0.460. The van der Waals surface area contributed by atoms with E-state index in [1.54, 1.807) is 37.5 Å². The summed E-state index contributed by atoms with van der Waals surface area (Å²) >= 11 is 0. The lowest BCUT2D eigenvalue weighted by molar-refractivity contribution is 0.602. The van der Waals surface area contributed by atoms with Crippen molar-refractivity contribution < 1.29 is 8.42 Å². The van der Waals surface area contributed by atoms with Crippen molar-refractivity contribution in [2.24, 2.45) is 4.99 Å². The minimum absolute atomic E-state index is 0.317. The second-order valence-corrected chi connectivity index (χ2v) is 8.68. The molecule has 0 saturated heterocycles. The van der Waals surface area contributed by atoms with E-state index < -0.39 is 9.84 Å². The molecule has 0 aliphatic heterocycles. The van der Waals surface area contributed by atoms with E-state index in [4.69, 9.17) is 0 Å². The molecule has 3 aromatic rings. The Morgan fingerprint density at radius 3 is 2.31 bits per heavy atom. The van der Waals surface area contributed by atoms with Crippen molar-refractivity contribution in [3.8, 4) is 0 Å². The number of sulfone groups is 1. The minimum atomic E-state index is -3.18. The molecule has 0 fully saturated rings. The zero-order valence-corrected chi connectivity index (χ0v) is 17.4. The van der Waals surface area contributed by atoms with Gasteiger partial charge in [0.2, 0.25) is 0 Å². The predicted molar refractivity (Wildman–Crippen MR) is 114 cm³/mol. The van der Waals surface area contributed by atoms with Crippen LogP contribution in [0.25, 0.3) is 0 Å². The average Bonchev–Trinajstić information content (AvgIpc) is 3.22. The summed E-state index contributed by atoms with van der Waals surface area (Å²) in [5.41, 5.74) is 3.33. The van der Waals surface area contributed by atoms with Crippen LogP contribution in [0.2, 0.25) is 0 Å². The van der Waals surface area contributed by atoms with Crippen molar-refractivity contribution in [1.82, 2.24) is 20.4 Å². The molecule has 0 bridgehead atoms. The third kappa shape index (κ3) is 5.92. The molecular formula is C21H25N5O2S. The number of rotatable bonds is 7. The number of benzene rings is 2. The zero-order chi connectivity index (χ0) is 20.7. The number of aromatic nitrogens is 2. The first kappa shape index (κ1) is 20.6. The third-order valence-electron chi connectivity index (χ3n) is 4.49. The molecular weight excluding hydrogens is 386 g/mol. The Morgan fingerprint density at radius 1 is 1.00 bits per heavy atom. The molecule has 0 radical (unpaired) electrons. The van der Waals surface area contributed by atoms with Crippen molar-refractivity contribution in [2.45, 2.75) is 24.5 Å². The summed E-state index contributed by atoms with van der Waals surface area (Å²) in [5, 5.41) is 10.8. The standard InChI is InChI=1S/C21H25N5O2S/c1-22-21(23-14-17-8-10-20(11-9-17)29(2,27)28)24-15-18-6-3-4-7-19(18)16-26-13-5-12-25-26/h3-13H,14-16H2,1-2H3,(H2,22,23,24). The first-order chi connectivity index (χ1) is 14.0. The molecule has 0 amide bonds. The molecule has 2 aromatic carbocycles. The van der Waals surface area contributed by atoms with E-state index in [0.717, 1.165) is 5.56 Å². The highest BCUT2D eigenvalue weighted by Gasteiger charge is 2.07. The zero-order valence-electron chi connectivity index (χ0n) is 16.5. The summed E-state index contributed by atoms with van der Waals surface area (Å²) in [7, 11) is -1.46. The lowest BCUT2D eigenvalue weighted by Gasteiger charge is -2.14. The van der Waals surface area contributed by atoms with Gasteiger partial charge in [0, 0.05) is 38.8 Å². The van der Waals surface area contributed by atoms with Crippen LogP contribution in [0, 0.1) is 0 Å².